The van der Waals surface area contributed by atoms with Crippen molar-refractivity contribution in [3.63, 3.8) is 0 Å². The van der Waals surface area contributed by atoms with Gasteiger partial charge in [0.25, 0.3) is 10.0 Å². The summed E-state index contributed by atoms with van der Waals surface area (Å²) in [6, 6.07) is 10.9. The molecule has 0 aliphatic carbocycles. The average molecular weight is 324 g/mol. The van der Waals surface area contributed by atoms with E-state index in [0.717, 1.165) is 24.1 Å². The second kappa shape index (κ2) is 7.06. The van der Waals surface area contributed by atoms with Gasteiger partial charge in [-0.15, -0.1) is 11.3 Å². The summed E-state index contributed by atoms with van der Waals surface area (Å²) in [4.78, 5) is 0.852. The smallest absolute Gasteiger partial charge is 0.271 e. The second-order valence-electron chi connectivity index (χ2n) is 4.83. The number of hydrogen-bond donors (Lipinski definition) is 2. The van der Waals surface area contributed by atoms with Crippen LogP contribution in [0.5, 0.6) is 0 Å². The van der Waals surface area contributed by atoms with Crippen LogP contribution in [0.2, 0.25) is 0 Å². The van der Waals surface area contributed by atoms with Gasteiger partial charge in [0, 0.05) is 17.1 Å². The first-order valence-electron chi connectivity index (χ1n) is 6.95. The van der Waals surface area contributed by atoms with Gasteiger partial charge < -0.3 is 5.73 Å². The third-order valence-corrected chi connectivity index (χ3v) is 6.11. The lowest BCUT2D eigenvalue weighted by Crippen LogP contribution is -2.11. The van der Waals surface area contributed by atoms with Crippen LogP contribution in [0.1, 0.15) is 30.2 Å². The second-order valence-corrected chi connectivity index (χ2v) is 7.91. The Labute approximate surface area is 130 Å². The zero-order chi connectivity index (χ0) is 15.3. The fourth-order valence-corrected chi connectivity index (χ4v) is 4.23. The summed E-state index contributed by atoms with van der Waals surface area (Å²) in [6.45, 7) is 2.51. The number of rotatable bonds is 7. The van der Waals surface area contributed by atoms with Gasteiger partial charge in [0.1, 0.15) is 4.21 Å². The molecule has 4 nitrogen and oxygen atoms in total. The number of nitrogens with one attached hydrogen (secondary N) is 1. The van der Waals surface area contributed by atoms with Gasteiger partial charge in [0.15, 0.2) is 0 Å². The van der Waals surface area contributed by atoms with E-state index in [-0.39, 0.29) is 4.21 Å². The Kier molecular flexibility index (Phi) is 5.39. The summed E-state index contributed by atoms with van der Waals surface area (Å²) in [7, 11) is -3.52. The maximum atomic E-state index is 12.2. The first-order valence-corrected chi connectivity index (χ1v) is 9.25. The summed E-state index contributed by atoms with van der Waals surface area (Å²) >= 11 is 1.20. The Morgan fingerprint density at radius 1 is 1.14 bits per heavy atom. The van der Waals surface area contributed by atoms with Crippen LogP contribution >= 0.6 is 11.3 Å². The maximum absolute atomic E-state index is 12.2. The highest BCUT2D eigenvalue weighted by Crippen LogP contribution is 2.24. The van der Waals surface area contributed by atoms with Crippen LogP contribution in [0, 0.1) is 0 Å². The molecule has 0 spiro atoms. The fraction of sp³-hybridized carbons (Fsp3) is 0.333. The molecule has 1 aromatic heterocycles. The molecule has 0 fully saturated rings. The number of unbranched alkanes of at least 4 members (excludes halogenated alkanes) is 1. The quantitative estimate of drug-likeness (QED) is 0.820. The van der Waals surface area contributed by atoms with Gasteiger partial charge in [0.2, 0.25) is 0 Å². The van der Waals surface area contributed by atoms with Crippen molar-refractivity contribution in [3.8, 4) is 0 Å². The van der Waals surface area contributed by atoms with E-state index in [4.69, 9.17) is 5.73 Å². The van der Waals surface area contributed by atoms with E-state index in [9.17, 15) is 8.42 Å². The Morgan fingerprint density at radius 3 is 2.43 bits per heavy atom. The third kappa shape index (κ3) is 4.30. The summed E-state index contributed by atoms with van der Waals surface area (Å²) in [5, 5.41) is 0. The molecule has 1 heterocycles. The van der Waals surface area contributed by atoms with E-state index in [1.165, 1.54) is 16.9 Å². The van der Waals surface area contributed by atoms with Crippen LogP contribution in [0.25, 0.3) is 0 Å². The highest BCUT2D eigenvalue weighted by atomic mass is 32.2. The van der Waals surface area contributed by atoms with Gasteiger partial charge in [-0.1, -0.05) is 25.5 Å². The molecule has 0 aliphatic heterocycles. The summed E-state index contributed by atoms with van der Waals surface area (Å²) in [6.07, 6.45) is 3.31. The van der Waals surface area contributed by atoms with Crippen molar-refractivity contribution in [1.82, 2.24) is 0 Å². The lowest BCUT2D eigenvalue weighted by atomic mass is 10.1. The van der Waals surface area contributed by atoms with E-state index in [2.05, 4.69) is 11.6 Å². The maximum Gasteiger partial charge on any atom is 0.271 e. The van der Waals surface area contributed by atoms with Crippen LogP contribution in [0.15, 0.2) is 40.6 Å². The molecule has 0 radical (unpaired) electrons. The Bertz CT molecular complexity index is 676. The number of hydrogen-bond acceptors (Lipinski definition) is 4. The molecule has 1 aromatic carbocycles. The van der Waals surface area contributed by atoms with Crippen LogP contribution in [0.4, 0.5) is 5.69 Å². The molecule has 0 aliphatic rings. The molecule has 2 aromatic rings. The number of anilines is 1. The minimum absolute atomic E-state index is 0.290. The van der Waals surface area contributed by atoms with E-state index in [1.54, 1.807) is 24.3 Å². The van der Waals surface area contributed by atoms with Crippen molar-refractivity contribution < 1.29 is 8.42 Å². The molecule has 0 saturated heterocycles. The molecule has 0 amide bonds. The van der Waals surface area contributed by atoms with Gasteiger partial charge in [-0.3, -0.25) is 4.72 Å². The van der Waals surface area contributed by atoms with Crippen molar-refractivity contribution in [2.45, 2.75) is 36.9 Å². The van der Waals surface area contributed by atoms with E-state index in [0.29, 0.717) is 12.2 Å². The molecule has 6 heteroatoms. The molecule has 2 rings (SSSR count). The predicted octanol–water partition coefficient (Wildman–Crippen LogP) is 3.35. The Morgan fingerprint density at radius 2 is 1.86 bits per heavy atom. The summed E-state index contributed by atoms with van der Waals surface area (Å²) in [5.41, 5.74) is 7.32. The van der Waals surface area contributed by atoms with Crippen molar-refractivity contribution in [2.75, 3.05) is 4.72 Å². The monoisotopic (exact) mass is 324 g/mol. The molecule has 21 heavy (non-hydrogen) atoms. The summed E-state index contributed by atoms with van der Waals surface area (Å²) < 4.78 is 27.4. The van der Waals surface area contributed by atoms with Crippen molar-refractivity contribution in [3.05, 3.63) is 46.8 Å². The lowest BCUT2D eigenvalue weighted by Gasteiger charge is -2.07. The molecule has 0 saturated carbocycles. The predicted molar refractivity (Wildman–Crippen MR) is 88.1 cm³/mol. The van der Waals surface area contributed by atoms with Crippen molar-refractivity contribution >= 4 is 27.0 Å². The molecular formula is C15H20N2O2S2. The molecule has 3 N–H and O–H groups in total. The van der Waals surface area contributed by atoms with E-state index < -0.39 is 10.0 Å². The molecule has 0 unspecified atom stereocenters. The highest BCUT2D eigenvalue weighted by molar-refractivity contribution is 7.94. The van der Waals surface area contributed by atoms with Crippen LogP contribution < -0.4 is 10.5 Å². The van der Waals surface area contributed by atoms with Crippen LogP contribution in [0.3, 0.4) is 0 Å². The minimum atomic E-state index is -3.52. The Balaban J connectivity index is 2.09. The average Bonchev–Trinajstić information content (AvgIpc) is 2.96. The van der Waals surface area contributed by atoms with Gasteiger partial charge in [-0.25, -0.2) is 8.42 Å². The van der Waals surface area contributed by atoms with Gasteiger partial charge >= 0.3 is 0 Å². The first kappa shape index (κ1) is 16.0. The third-order valence-electron chi connectivity index (χ3n) is 3.13. The summed E-state index contributed by atoms with van der Waals surface area (Å²) in [5.74, 6) is 0. The number of nitrogens with two attached hydrogens (primary N) is 1. The van der Waals surface area contributed by atoms with Gasteiger partial charge in [-0.05, 0) is 42.7 Å². The van der Waals surface area contributed by atoms with Crippen LogP contribution in [-0.2, 0) is 23.0 Å². The van der Waals surface area contributed by atoms with E-state index in [1.807, 2.05) is 12.1 Å². The zero-order valence-electron chi connectivity index (χ0n) is 12.0. The van der Waals surface area contributed by atoms with Crippen LogP contribution in [-0.4, -0.2) is 8.42 Å². The molecule has 114 valence electrons. The SMILES string of the molecule is CCCCc1ccc(NS(=O)(=O)c2ccc(CN)s2)cc1. The largest absolute Gasteiger partial charge is 0.326 e. The Hall–Kier alpha value is -1.37. The number of aryl methyl sites for hydroxylation is 1. The van der Waals surface area contributed by atoms with Gasteiger partial charge in [0.05, 0.1) is 0 Å². The van der Waals surface area contributed by atoms with Crippen molar-refractivity contribution in [1.29, 1.82) is 0 Å². The first-order chi connectivity index (χ1) is 10.0. The number of benzene rings is 1. The fourth-order valence-electron chi connectivity index (χ4n) is 1.94. The molecule has 0 bridgehead atoms. The standard InChI is InChI=1S/C15H20N2O2S2/c1-2-3-4-12-5-7-13(8-6-12)17-21(18,19)15-10-9-14(11-16)20-15/h5-10,17H,2-4,11,16H2,1H3. The molecule has 0 atom stereocenters. The minimum Gasteiger partial charge on any atom is -0.326 e. The number of sulfonamides is 1. The van der Waals surface area contributed by atoms with Crippen molar-refractivity contribution in [2.24, 2.45) is 5.73 Å². The zero-order valence-corrected chi connectivity index (χ0v) is 13.6. The topological polar surface area (TPSA) is 72.2 Å². The van der Waals surface area contributed by atoms with E-state index >= 15 is 0 Å². The lowest BCUT2D eigenvalue weighted by molar-refractivity contribution is 0.603. The molecular weight excluding hydrogens is 304 g/mol. The van der Waals surface area contributed by atoms with Gasteiger partial charge in [-0.2, -0.15) is 0 Å². The normalized spacial score (nSPS) is 11.5. The number of thiophene rings is 1. The highest BCUT2D eigenvalue weighted by Gasteiger charge is 2.16.